The standard InChI is InChI=1S/C62H43NO2/c1-2-10-37(11-3-1)43-15-8-12-40-30-55-50(32-47(40)43)51-33-49-48-29-38(39-20-22-45-44-13-4-6-17-57(44)65-60(45)31-39)21-23-52(48)62(41-25-35-24-36(27-41)28-42(62)26-35)53(49)34-56(51)63(55)54-16-9-19-59-61(54)46-14-5-7-18-58(46)64-59/h1-23,29-36,41-42H,24-28H2. The van der Waals surface area contributed by atoms with Crippen molar-refractivity contribution in [2.24, 2.45) is 23.7 Å². The molecule has 4 bridgehead atoms. The molecule has 5 aliphatic rings. The van der Waals surface area contributed by atoms with E-state index in [1.807, 2.05) is 0 Å². The number of rotatable bonds is 3. The Balaban J connectivity index is 1.01. The summed E-state index contributed by atoms with van der Waals surface area (Å²) in [5, 5.41) is 9.76. The normalized spacial score (nSPS) is 21.9. The van der Waals surface area contributed by atoms with Crippen molar-refractivity contribution in [1.82, 2.24) is 4.57 Å². The van der Waals surface area contributed by atoms with Crippen LogP contribution in [-0.2, 0) is 5.41 Å². The zero-order valence-electron chi connectivity index (χ0n) is 35.9. The van der Waals surface area contributed by atoms with Crippen molar-refractivity contribution in [2.75, 3.05) is 0 Å². The van der Waals surface area contributed by atoms with Gasteiger partial charge in [-0.25, -0.2) is 0 Å². The monoisotopic (exact) mass is 833 g/mol. The van der Waals surface area contributed by atoms with E-state index in [4.69, 9.17) is 8.83 Å². The van der Waals surface area contributed by atoms with Crippen molar-refractivity contribution in [3.8, 4) is 39.1 Å². The number of furan rings is 2. The molecule has 3 nitrogen and oxygen atoms in total. The predicted octanol–water partition coefficient (Wildman–Crippen LogP) is 16.8. The number of benzene rings is 9. The van der Waals surface area contributed by atoms with E-state index in [-0.39, 0.29) is 5.41 Å². The summed E-state index contributed by atoms with van der Waals surface area (Å²) in [6.07, 6.45) is 6.79. The van der Waals surface area contributed by atoms with Crippen LogP contribution in [0.5, 0.6) is 0 Å². The molecule has 0 N–H and O–H groups in total. The van der Waals surface area contributed by atoms with Crippen molar-refractivity contribution >= 4 is 76.5 Å². The second-order valence-electron chi connectivity index (χ2n) is 20.0. The van der Waals surface area contributed by atoms with Crippen LogP contribution in [0.25, 0.3) is 116 Å². The average Bonchev–Trinajstić information content (AvgIpc) is 4.08. The molecule has 1 spiro atoms. The lowest BCUT2D eigenvalue weighted by Gasteiger charge is -2.61. The van der Waals surface area contributed by atoms with E-state index >= 15 is 0 Å². The molecule has 308 valence electrons. The number of aromatic nitrogens is 1. The molecule has 65 heavy (non-hydrogen) atoms. The van der Waals surface area contributed by atoms with Gasteiger partial charge in [0.15, 0.2) is 0 Å². The molecule has 0 aliphatic heterocycles. The van der Waals surface area contributed by atoms with E-state index in [1.165, 1.54) is 120 Å². The van der Waals surface area contributed by atoms with Crippen molar-refractivity contribution < 1.29 is 8.83 Å². The highest BCUT2D eigenvalue weighted by Gasteiger charge is 2.61. The molecule has 4 fully saturated rings. The molecule has 3 aromatic heterocycles. The Labute approximate surface area is 375 Å². The van der Waals surface area contributed by atoms with Gasteiger partial charge >= 0.3 is 0 Å². The molecule has 3 heteroatoms. The van der Waals surface area contributed by atoms with E-state index in [9.17, 15) is 0 Å². The summed E-state index contributed by atoms with van der Waals surface area (Å²) in [6.45, 7) is 0. The molecule has 4 saturated carbocycles. The van der Waals surface area contributed by atoms with Crippen LogP contribution in [0.1, 0.15) is 43.2 Å². The molecule has 3 heterocycles. The highest BCUT2D eigenvalue weighted by molar-refractivity contribution is 6.19. The number of fused-ring (bicyclic) bond motifs is 13. The van der Waals surface area contributed by atoms with Crippen LogP contribution in [0.15, 0.2) is 185 Å². The molecule has 17 rings (SSSR count). The lowest BCUT2D eigenvalue weighted by molar-refractivity contribution is -0.0399. The molecule has 0 unspecified atom stereocenters. The largest absolute Gasteiger partial charge is 0.456 e. The van der Waals surface area contributed by atoms with Gasteiger partial charge in [0.1, 0.15) is 22.3 Å². The van der Waals surface area contributed by atoms with Crippen LogP contribution in [0.2, 0.25) is 0 Å². The molecular weight excluding hydrogens is 791 g/mol. The molecule has 9 aromatic carbocycles. The van der Waals surface area contributed by atoms with Gasteiger partial charge in [0.05, 0.1) is 22.1 Å². The number of nitrogens with zero attached hydrogens (tertiary/aromatic N) is 1. The molecule has 0 atom stereocenters. The maximum Gasteiger partial charge on any atom is 0.137 e. The molecule has 0 radical (unpaired) electrons. The fourth-order valence-electron chi connectivity index (χ4n) is 14.6. The van der Waals surface area contributed by atoms with E-state index in [0.29, 0.717) is 11.8 Å². The van der Waals surface area contributed by atoms with E-state index < -0.39 is 0 Å². The third-order valence-corrected chi connectivity index (χ3v) is 16.9. The van der Waals surface area contributed by atoms with Gasteiger partial charge in [-0.1, -0.05) is 109 Å². The highest BCUT2D eigenvalue weighted by atomic mass is 16.3. The Kier molecular flexibility index (Phi) is 6.72. The predicted molar refractivity (Wildman–Crippen MR) is 267 cm³/mol. The van der Waals surface area contributed by atoms with Gasteiger partial charge in [-0.15, -0.1) is 0 Å². The van der Waals surface area contributed by atoms with Crippen molar-refractivity contribution in [1.29, 1.82) is 0 Å². The fraction of sp³-hybridized carbons (Fsp3) is 0.161. The Bertz CT molecular complexity index is 4000. The maximum absolute atomic E-state index is 6.59. The minimum atomic E-state index is -0.00564. The lowest BCUT2D eigenvalue weighted by atomic mass is 9.43. The minimum absolute atomic E-state index is 0.00564. The zero-order chi connectivity index (χ0) is 42.1. The number of hydrogen-bond donors (Lipinski definition) is 0. The van der Waals surface area contributed by atoms with Crippen LogP contribution in [0, 0.1) is 23.7 Å². The first-order valence-corrected chi connectivity index (χ1v) is 23.7. The van der Waals surface area contributed by atoms with Crippen molar-refractivity contribution in [2.45, 2.75) is 37.5 Å². The zero-order valence-corrected chi connectivity index (χ0v) is 35.9. The van der Waals surface area contributed by atoms with Crippen LogP contribution < -0.4 is 0 Å². The summed E-state index contributed by atoms with van der Waals surface area (Å²) >= 11 is 0. The third kappa shape index (κ3) is 4.56. The Morgan fingerprint density at radius 2 is 1.03 bits per heavy atom. The van der Waals surface area contributed by atoms with E-state index in [1.54, 1.807) is 11.1 Å². The summed E-state index contributed by atoms with van der Waals surface area (Å²) in [4.78, 5) is 0. The summed E-state index contributed by atoms with van der Waals surface area (Å²) in [7, 11) is 0. The second-order valence-corrected chi connectivity index (χ2v) is 20.0. The molecule has 5 aliphatic carbocycles. The lowest BCUT2D eigenvalue weighted by Crippen LogP contribution is -2.55. The first-order valence-electron chi connectivity index (χ1n) is 23.7. The maximum atomic E-state index is 6.59. The van der Waals surface area contributed by atoms with Gasteiger partial charge in [-0.3, -0.25) is 0 Å². The van der Waals surface area contributed by atoms with Crippen LogP contribution in [0.3, 0.4) is 0 Å². The Morgan fingerprint density at radius 3 is 1.88 bits per heavy atom. The molecular formula is C62H43NO2. The minimum Gasteiger partial charge on any atom is -0.456 e. The third-order valence-electron chi connectivity index (χ3n) is 16.9. The van der Waals surface area contributed by atoms with Gasteiger partial charge in [0.25, 0.3) is 0 Å². The van der Waals surface area contributed by atoms with E-state index in [0.717, 1.165) is 39.6 Å². The van der Waals surface area contributed by atoms with Crippen LogP contribution >= 0.6 is 0 Å². The van der Waals surface area contributed by atoms with Gasteiger partial charge < -0.3 is 13.4 Å². The smallest absolute Gasteiger partial charge is 0.137 e. The molecule has 0 saturated heterocycles. The topological polar surface area (TPSA) is 31.2 Å². The number of hydrogen-bond acceptors (Lipinski definition) is 2. The first-order chi connectivity index (χ1) is 32.2. The van der Waals surface area contributed by atoms with Crippen molar-refractivity contribution in [3.63, 3.8) is 0 Å². The van der Waals surface area contributed by atoms with Crippen LogP contribution in [0.4, 0.5) is 0 Å². The van der Waals surface area contributed by atoms with Crippen LogP contribution in [-0.4, -0.2) is 4.57 Å². The molecule has 12 aromatic rings. The van der Waals surface area contributed by atoms with E-state index in [2.05, 4.69) is 180 Å². The van der Waals surface area contributed by atoms with Gasteiger partial charge in [-0.05, 0) is 178 Å². The highest BCUT2D eigenvalue weighted by Crippen LogP contribution is 2.70. The summed E-state index contributed by atoms with van der Waals surface area (Å²) in [6, 6.07) is 65.9. The molecule has 0 amide bonds. The Hall–Kier alpha value is -7.36. The van der Waals surface area contributed by atoms with Gasteiger partial charge in [0, 0.05) is 32.3 Å². The summed E-state index contributed by atoms with van der Waals surface area (Å²) in [5.41, 5.74) is 18.3. The number of para-hydroxylation sites is 2. The van der Waals surface area contributed by atoms with Crippen molar-refractivity contribution in [3.05, 3.63) is 187 Å². The van der Waals surface area contributed by atoms with Gasteiger partial charge in [-0.2, -0.15) is 0 Å². The quantitative estimate of drug-likeness (QED) is 0.178. The summed E-state index contributed by atoms with van der Waals surface area (Å²) in [5.74, 6) is 3.01. The van der Waals surface area contributed by atoms with Gasteiger partial charge in [0.2, 0.25) is 0 Å². The summed E-state index contributed by atoms with van der Waals surface area (Å²) < 4.78 is 15.6. The second kappa shape index (κ2) is 12.5. The average molecular weight is 834 g/mol. The Morgan fingerprint density at radius 1 is 0.385 bits per heavy atom. The SMILES string of the molecule is c1ccc(-c2cccc3cc4c(cc23)c2cc3c(cc2n4-c2cccc4oc5ccccc5c24)C2(c4ccc(-c5ccc6c(c5)oc5ccccc56)cc4-3)C3CC4CC(C3)CC2C4)cc1. The fourth-order valence-corrected chi connectivity index (χ4v) is 14.6. The first kappa shape index (κ1) is 35.0.